The third-order valence-corrected chi connectivity index (χ3v) is 4.39. The highest BCUT2D eigenvalue weighted by Gasteiger charge is 2.39. The maximum atomic E-state index is 12.6. The highest BCUT2D eigenvalue weighted by Crippen LogP contribution is 2.32. The average molecular weight is 344 g/mol. The molecule has 0 bridgehead atoms. The van der Waals surface area contributed by atoms with E-state index in [0.29, 0.717) is 31.8 Å². The van der Waals surface area contributed by atoms with Crippen LogP contribution in [0, 0.1) is 6.92 Å². The van der Waals surface area contributed by atoms with Crippen molar-refractivity contribution in [3.8, 4) is 0 Å². The second-order valence-electron chi connectivity index (χ2n) is 6.25. The minimum absolute atomic E-state index is 0.154. The molecular formula is C18H20N2O5. The molecule has 2 heterocycles. The molecule has 2 aromatic rings. The molecule has 0 radical (unpaired) electrons. The first-order chi connectivity index (χ1) is 12.0. The number of amides is 1. The highest BCUT2D eigenvalue weighted by atomic mass is 16.5. The number of aromatic nitrogens is 1. The number of aryl methyl sites for hydroxylation is 1. The third kappa shape index (κ3) is 3.88. The van der Waals surface area contributed by atoms with Crippen molar-refractivity contribution >= 4 is 11.9 Å². The molecule has 1 aliphatic heterocycles. The summed E-state index contributed by atoms with van der Waals surface area (Å²) in [5.74, 6) is -0.500. The molecule has 0 aliphatic carbocycles. The van der Waals surface area contributed by atoms with Crippen LogP contribution in [0.15, 0.2) is 34.9 Å². The Morgan fingerprint density at radius 1 is 1.24 bits per heavy atom. The lowest BCUT2D eigenvalue weighted by molar-refractivity contribution is -0.124. The predicted octanol–water partition coefficient (Wildman–Crippen LogP) is 2.05. The van der Waals surface area contributed by atoms with Gasteiger partial charge in [0.2, 0.25) is 5.91 Å². The standard InChI is InChI=1S/C18H20N2O5/c1-12-10-15(25-20-12)18(6-8-24-9-7-18)19-16(21)11-13-2-4-14(5-3-13)17(22)23/h2-5,10H,6-9,11H2,1H3,(H,19,21)(H,22,23). The molecule has 3 rings (SSSR count). The van der Waals surface area contributed by atoms with Gasteiger partial charge >= 0.3 is 5.97 Å². The van der Waals surface area contributed by atoms with Crippen molar-refractivity contribution < 1.29 is 24.0 Å². The van der Waals surface area contributed by atoms with Gasteiger partial charge in [-0.1, -0.05) is 17.3 Å². The number of carbonyl (C=O) groups is 2. The van der Waals surface area contributed by atoms with Crippen molar-refractivity contribution in [1.29, 1.82) is 0 Å². The molecule has 0 atom stereocenters. The van der Waals surface area contributed by atoms with Crippen LogP contribution in [0.1, 0.15) is 40.2 Å². The van der Waals surface area contributed by atoms with Crippen LogP contribution >= 0.6 is 0 Å². The van der Waals surface area contributed by atoms with Crippen LogP contribution in [0.3, 0.4) is 0 Å². The molecule has 0 spiro atoms. The summed E-state index contributed by atoms with van der Waals surface area (Å²) in [6, 6.07) is 8.13. The molecule has 1 amide bonds. The van der Waals surface area contributed by atoms with Crippen LogP contribution < -0.4 is 5.32 Å². The van der Waals surface area contributed by atoms with E-state index in [4.69, 9.17) is 14.4 Å². The lowest BCUT2D eigenvalue weighted by Gasteiger charge is -2.35. The van der Waals surface area contributed by atoms with Crippen molar-refractivity contribution in [2.45, 2.75) is 31.7 Å². The molecule has 0 unspecified atom stereocenters. The largest absolute Gasteiger partial charge is 0.478 e. The smallest absolute Gasteiger partial charge is 0.335 e. The number of rotatable bonds is 5. The Hall–Kier alpha value is -2.67. The van der Waals surface area contributed by atoms with Crippen LogP contribution in [0.5, 0.6) is 0 Å². The molecule has 132 valence electrons. The fraction of sp³-hybridized carbons (Fsp3) is 0.389. The summed E-state index contributed by atoms with van der Waals surface area (Å²) in [4.78, 5) is 23.4. The summed E-state index contributed by atoms with van der Waals surface area (Å²) < 4.78 is 10.8. The van der Waals surface area contributed by atoms with E-state index in [1.807, 2.05) is 13.0 Å². The van der Waals surface area contributed by atoms with Crippen molar-refractivity contribution in [3.05, 3.63) is 52.9 Å². The van der Waals surface area contributed by atoms with Gasteiger partial charge in [0.1, 0.15) is 5.54 Å². The number of ether oxygens (including phenoxy) is 1. The van der Waals surface area contributed by atoms with Gasteiger partial charge in [-0.25, -0.2) is 4.79 Å². The molecule has 1 fully saturated rings. The summed E-state index contributed by atoms with van der Waals surface area (Å²) in [6.45, 7) is 2.91. The van der Waals surface area contributed by atoms with Crippen molar-refractivity contribution in [2.75, 3.05) is 13.2 Å². The number of carboxylic acids is 1. The fourth-order valence-electron chi connectivity index (χ4n) is 3.00. The number of hydrogen-bond acceptors (Lipinski definition) is 5. The zero-order valence-electron chi connectivity index (χ0n) is 13.9. The number of carbonyl (C=O) groups excluding carboxylic acids is 1. The first kappa shape index (κ1) is 17.2. The number of carboxylic acid groups (broad SMARTS) is 1. The molecule has 7 heteroatoms. The van der Waals surface area contributed by atoms with Gasteiger partial charge in [-0.2, -0.15) is 0 Å². The molecule has 25 heavy (non-hydrogen) atoms. The highest BCUT2D eigenvalue weighted by molar-refractivity contribution is 5.87. The second kappa shape index (κ2) is 7.06. The molecule has 0 saturated carbocycles. The van der Waals surface area contributed by atoms with Crippen molar-refractivity contribution in [1.82, 2.24) is 10.5 Å². The Labute approximate surface area is 145 Å². The fourth-order valence-corrected chi connectivity index (χ4v) is 3.00. The monoisotopic (exact) mass is 344 g/mol. The van der Waals surface area contributed by atoms with E-state index in [9.17, 15) is 9.59 Å². The Morgan fingerprint density at radius 3 is 2.48 bits per heavy atom. The van der Waals surface area contributed by atoms with Crippen LogP contribution in [-0.4, -0.2) is 35.4 Å². The van der Waals surface area contributed by atoms with Crippen LogP contribution in [0.4, 0.5) is 0 Å². The van der Waals surface area contributed by atoms with Crippen LogP contribution in [-0.2, 0) is 21.5 Å². The van der Waals surface area contributed by atoms with Gasteiger partial charge < -0.3 is 19.7 Å². The molecule has 7 nitrogen and oxygen atoms in total. The van der Waals surface area contributed by atoms with E-state index in [-0.39, 0.29) is 17.9 Å². The van der Waals surface area contributed by atoms with Gasteiger partial charge in [0.25, 0.3) is 0 Å². The first-order valence-electron chi connectivity index (χ1n) is 8.13. The maximum absolute atomic E-state index is 12.6. The topological polar surface area (TPSA) is 102 Å². The summed E-state index contributed by atoms with van der Waals surface area (Å²) >= 11 is 0. The minimum atomic E-state index is -0.988. The zero-order valence-corrected chi connectivity index (χ0v) is 13.9. The average Bonchev–Trinajstić information content (AvgIpc) is 3.03. The van der Waals surface area contributed by atoms with Gasteiger partial charge in [0.15, 0.2) is 5.76 Å². The summed E-state index contributed by atoms with van der Waals surface area (Å²) in [5, 5.41) is 15.9. The van der Waals surface area contributed by atoms with Gasteiger partial charge in [0.05, 0.1) is 17.7 Å². The SMILES string of the molecule is Cc1cc(C2(NC(=O)Cc3ccc(C(=O)O)cc3)CCOCC2)on1. The first-order valence-corrected chi connectivity index (χ1v) is 8.13. The summed E-state index contributed by atoms with van der Waals surface area (Å²) in [5.41, 5.74) is 1.09. The number of aromatic carboxylic acids is 1. The van der Waals surface area contributed by atoms with E-state index in [1.165, 1.54) is 12.1 Å². The lowest BCUT2D eigenvalue weighted by atomic mass is 9.86. The van der Waals surface area contributed by atoms with Gasteiger partial charge in [-0.05, 0) is 24.6 Å². The van der Waals surface area contributed by atoms with Crippen molar-refractivity contribution in [2.24, 2.45) is 0 Å². The normalized spacial score (nSPS) is 16.4. The lowest BCUT2D eigenvalue weighted by Crippen LogP contribution is -2.49. The Bertz CT molecular complexity index is 760. The van der Waals surface area contributed by atoms with E-state index in [2.05, 4.69) is 10.5 Å². The Balaban J connectivity index is 1.73. The quantitative estimate of drug-likeness (QED) is 0.861. The van der Waals surface area contributed by atoms with Gasteiger partial charge in [0, 0.05) is 32.1 Å². The van der Waals surface area contributed by atoms with E-state index in [1.54, 1.807) is 12.1 Å². The Kier molecular flexibility index (Phi) is 4.85. The van der Waals surface area contributed by atoms with E-state index < -0.39 is 11.5 Å². The summed E-state index contributed by atoms with van der Waals surface area (Å²) in [6.07, 6.45) is 1.40. The third-order valence-electron chi connectivity index (χ3n) is 4.39. The minimum Gasteiger partial charge on any atom is -0.478 e. The molecule has 2 N–H and O–H groups in total. The molecular weight excluding hydrogens is 324 g/mol. The molecule has 1 aromatic carbocycles. The number of benzene rings is 1. The van der Waals surface area contributed by atoms with Crippen LogP contribution in [0.25, 0.3) is 0 Å². The van der Waals surface area contributed by atoms with Gasteiger partial charge in [-0.3, -0.25) is 4.79 Å². The molecule has 1 saturated heterocycles. The van der Waals surface area contributed by atoms with E-state index in [0.717, 1.165) is 11.3 Å². The maximum Gasteiger partial charge on any atom is 0.335 e. The Morgan fingerprint density at radius 2 is 1.92 bits per heavy atom. The number of hydrogen-bond donors (Lipinski definition) is 2. The van der Waals surface area contributed by atoms with Crippen LogP contribution in [0.2, 0.25) is 0 Å². The molecule has 1 aliphatic rings. The zero-order chi connectivity index (χ0) is 17.9. The molecule has 1 aromatic heterocycles. The van der Waals surface area contributed by atoms with Crippen molar-refractivity contribution in [3.63, 3.8) is 0 Å². The van der Waals surface area contributed by atoms with Gasteiger partial charge in [-0.15, -0.1) is 0 Å². The number of nitrogens with one attached hydrogen (secondary N) is 1. The predicted molar refractivity (Wildman–Crippen MR) is 88.2 cm³/mol. The number of nitrogens with zero attached hydrogens (tertiary/aromatic N) is 1. The summed E-state index contributed by atoms with van der Waals surface area (Å²) in [7, 11) is 0. The second-order valence-corrected chi connectivity index (χ2v) is 6.25. The van der Waals surface area contributed by atoms with E-state index >= 15 is 0 Å².